The Morgan fingerprint density at radius 1 is 1.44 bits per heavy atom. The minimum atomic E-state index is -0.720. The molecule has 1 aliphatic heterocycles. The van der Waals surface area contributed by atoms with Crippen molar-refractivity contribution in [3.8, 4) is 0 Å². The van der Waals surface area contributed by atoms with Gasteiger partial charge in [-0.3, -0.25) is 4.90 Å². The molecule has 1 N–H and O–H groups in total. The van der Waals surface area contributed by atoms with E-state index in [4.69, 9.17) is 9.47 Å². The largest absolute Gasteiger partial charge is 0.444 e. The third-order valence-corrected chi connectivity index (χ3v) is 4.16. The highest BCUT2D eigenvalue weighted by Gasteiger charge is 2.47. The van der Waals surface area contributed by atoms with Crippen LogP contribution in [0.4, 0.5) is 4.79 Å². The first-order valence-electron chi connectivity index (χ1n) is 8.70. The normalized spacial score (nSPS) is 21.0. The Morgan fingerprint density at radius 3 is 2.64 bits per heavy atom. The van der Waals surface area contributed by atoms with Gasteiger partial charge in [-0.25, -0.2) is 4.79 Å². The van der Waals surface area contributed by atoms with Crippen molar-refractivity contribution in [1.82, 2.24) is 10.2 Å². The van der Waals surface area contributed by atoms with Crippen LogP contribution in [0.15, 0.2) is 43.0 Å². The summed E-state index contributed by atoms with van der Waals surface area (Å²) in [6, 6.07) is 9.86. The molecular weight excluding hydrogens is 316 g/mol. The first kappa shape index (κ1) is 19.5. The summed E-state index contributed by atoms with van der Waals surface area (Å²) in [6.07, 6.45) is 1.46. The molecule has 1 aliphatic rings. The molecule has 138 valence electrons. The smallest absolute Gasteiger partial charge is 0.412 e. The van der Waals surface area contributed by atoms with Crippen LogP contribution < -0.4 is 5.32 Å². The third-order valence-electron chi connectivity index (χ3n) is 4.16. The molecule has 1 saturated heterocycles. The molecular formula is C20H30N2O3. The number of amides is 1. The highest BCUT2D eigenvalue weighted by molar-refractivity contribution is 5.70. The molecule has 0 unspecified atom stereocenters. The Kier molecular flexibility index (Phi) is 5.91. The van der Waals surface area contributed by atoms with E-state index in [0.717, 1.165) is 0 Å². The van der Waals surface area contributed by atoms with E-state index < -0.39 is 11.3 Å². The SMILES string of the molecule is C=C[C@@H](NCc1ccccc1)[C@@H]1COC(C)(C)N1C(=O)OC(C)(C)C. The number of nitrogens with zero attached hydrogens (tertiary/aromatic N) is 1. The Bertz CT molecular complexity index is 593. The van der Waals surface area contributed by atoms with Crippen LogP contribution in [0.25, 0.3) is 0 Å². The summed E-state index contributed by atoms with van der Waals surface area (Å²) in [4.78, 5) is 14.4. The summed E-state index contributed by atoms with van der Waals surface area (Å²) in [5.74, 6) is 0. The minimum absolute atomic E-state index is 0.102. The van der Waals surface area contributed by atoms with Crippen LogP contribution in [0, 0.1) is 0 Å². The van der Waals surface area contributed by atoms with Crippen LogP contribution in [-0.2, 0) is 16.0 Å². The Balaban J connectivity index is 2.12. The maximum Gasteiger partial charge on any atom is 0.412 e. The number of rotatable bonds is 5. The van der Waals surface area contributed by atoms with Gasteiger partial charge in [-0.1, -0.05) is 36.4 Å². The van der Waals surface area contributed by atoms with Crippen LogP contribution in [0.5, 0.6) is 0 Å². The first-order chi connectivity index (χ1) is 11.6. The van der Waals surface area contributed by atoms with Crippen molar-refractivity contribution in [2.75, 3.05) is 6.61 Å². The monoisotopic (exact) mass is 346 g/mol. The number of hydrogen-bond donors (Lipinski definition) is 1. The lowest BCUT2D eigenvalue weighted by Gasteiger charge is -2.37. The van der Waals surface area contributed by atoms with E-state index in [-0.39, 0.29) is 18.2 Å². The van der Waals surface area contributed by atoms with E-state index in [2.05, 4.69) is 24.0 Å². The average molecular weight is 346 g/mol. The van der Waals surface area contributed by atoms with Gasteiger partial charge in [0.25, 0.3) is 0 Å². The molecule has 5 heteroatoms. The number of benzene rings is 1. The second kappa shape index (κ2) is 7.58. The van der Waals surface area contributed by atoms with Gasteiger partial charge in [-0.2, -0.15) is 0 Å². The molecule has 0 aliphatic carbocycles. The van der Waals surface area contributed by atoms with Crippen molar-refractivity contribution < 1.29 is 14.3 Å². The number of carbonyl (C=O) groups excluding carboxylic acids is 1. The molecule has 0 bridgehead atoms. The lowest BCUT2D eigenvalue weighted by Crippen LogP contribution is -2.55. The van der Waals surface area contributed by atoms with Crippen molar-refractivity contribution in [2.24, 2.45) is 0 Å². The summed E-state index contributed by atoms with van der Waals surface area (Å²) < 4.78 is 11.5. The summed E-state index contributed by atoms with van der Waals surface area (Å²) in [7, 11) is 0. The van der Waals surface area contributed by atoms with E-state index in [0.29, 0.717) is 13.2 Å². The van der Waals surface area contributed by atoms with Crippen LogP contribution in [0.2, 0.25) is 0 Å². The summed E-state index contributed by atoms with van der Waals surface area (Å²) >= 11 is 0. The zero-order valence-corrected chi connectivity index (χ0v) is 15.9. The maximum absolute atomic E-state index is 12.7. The molecule has 1 fully saturated rings. The summed E-state index contributed by atoms with van der Waals surface area (Å²) in [6.45, 7) is 14.4. The van der Waals surface area contributed by atoms with E-state index in [1.54, 1.807) is 4.90 Å². The molecule has 25 heavy (non-hydrogen) atoms. The van der Waals surface area contributed by atoms with Crippen LogP contribution in [-0.4, -0.2) is 41.0 Å². The molecule has 1 aromatic rings. The van der Waals surface area contributed by atoms with Gasteiger partial charge in [0.1, 0.15) is 11.3 Å². The third kappa shape index (κ3) is 5.06. The van der Waals surface area contributed by atoms with Gasteiger partial charge in [-0.15, -0.1) is 6.58 Å². The van der Waals surface area contributed by atoms with E-state index in [9.17, 15) is 4.79 Å². The summed E-state index contributed by atoms with van der Waals surface area (Å²) in [5.41, 5.74) is -0.0965. The van der Waals surface area contributed by atoms with Gasteiger partial charge in [0.05, 0.1) is 12.6 Å². The molecule has 5 nitrogen and oxygen atoms in total. The molecule has 1 heterocycles. The van der Waals surface area contributed by atoms with Crippen molar-refractivity contribution in [1.29, 1.82) is 0 Å². The van der Waals surface area contributed by atoms with Gasteiger partial charge in [-0.05, 0) is 40.2 Å². The van der Waals surface area contributed by atoms with Crippen molar-refractivity contribution in [3.05, 3.63) is 48.6 Å². The molecule has 1 aromatic carbocycles. The molecule has 0 spiro atoms. The predicted octanol–water partition coefficient (Wildman–Crippen LogP) is 3.70. The van der Waals surface area contributed by atoms with Crippen molar-refractivity contribution in [3.63, 3.8) is 0 Å². The van der Waals surface area contributed by atoms with E-state index in [1.807, 2.05) is 58.9 Å². The molecule has 1 amide bonds. The number of hydrogen-bond acceptors (Lipinski definition) is 4. The van der Waals surface area contributed by atoms with Gasteiger partial charge in [0, 0.05) is 12.6 Å². The minimum Gasteiger partial charge on any atom is -0.444 e. The Labute approximate surface area is 151 Å². The van der Waals surface area contributed by atoms with Crippen LogP contribution >= 0.6 is 0 Å². The number of nitrogens with one attached hydrogen (secondary N) is 1. The maximum atomic E-state index is 12.7. The van der Waals surface area contributed by atoms with Crippen LogP contribution in [0.3, 0.4) is 0 Å². The Morgan fingerprint density at radius 2 is 2.08 bits per heavy atom. The highest BCUT2D eigenvalue weighted by Crippen LogP contribution is 2.31. The first-order valence-corrected chi connectivity index (χ1v) is 8.70. The quantitative estimate of drug-likeness (QED) is 0.826. The number of ether oxygens (including phenoxy) is 2. The fourth-order valence-corrected chi connectivity index (χ4v) is 2.97. The molecule has 0 aromatic heterocycles. The van der Waals surface area contributed by atoms with Gasteiger partial charge in [0.2, 0.25) is 0 Å². The fourth-order valence-electron chi connectivity index (χ4n) is 2.97. The highest BCUT2D eigenvalue weighted by atomic mass is 16.6. The molecule has 2 rings (SSSR count). The van der Waals surface area contributed by atoms with Crippen molar-refractivity contribution in [2.45, 2.75) is 64.6 Å². The lowest BCUT2D eigenvalue weighted by molar-refractivity contribution is -0.0631. The van der Waals surface area contributed by atoms with Gasteiger partial charge >= 0.3 is 6.09 Å². The van der Waals surface area contributed by atoms with E-state index in [1.165, 1.54) is 5.56 Å². The summed E-state index contributed by atoms with van der Waals surface area (Å²) in [5, 5.41) is 3.47. The lowest BCUT2D eigenvalue weighted by atomic mass is 10.1. The van der Waals surface area contributed by atoms with Gasteiger partial charge < -0.3 is 14.8 Å². The van der Waals surface area contributed by atoms with Crippen LogP contribution in [0.1, 0.15) is 40.2 Å². The van der Waals surface area contributed by atoms with E-state index >= 15 is 0 Å². The van der Waals surface area contributed by atoms with Crippen molar-refractivity contribution >= 4 is 6.09 Å². The zero-order valence-electron chi connectivity index (χ0n) is 15.9. The zero-order chi connectivity index (χ0) is 18.7. The molecule has 0 radical (unpaired) electrons. The molecule has 0 saturated carbocycles. The number of carbonyl (C=O) groups is 1. The molecule has 2 atom stereocenters. The topological polar surface area (TPSA) is 50.8 Å². The standard InChI is InChI=1S/C20H30N2O3/c1-7-16(21-13-15-11-9-8-10-12-15)17-14-24-20(5,6)22(17)18(23)25-19(2,3)4/h7-12,16-17,21H,1,13-14H2,2-6H3/t16-,17+/m1/s1. The average Bonchev–Trinajstić information content (AvgIpc) is 2.83. The fraction of sp³-hybridized carbons (Fsp3) is 0.550. The second-order valence-electron chi connectivity index (χ2n) is 7.80. The Hall–Kier alpha value is -1.85. The predicted molar refractivity (Wildman–Crippen MR) is 99.2 cm³/mol. The van der Waals surface area contributed by atoms with Gasteiger partial charge in [0.15, 0.2) is 0 Å². The second-order valence-corrected chi connectivity index (χ2v) is 7.80.